The Morgan fingerprint density at radius 3 is 2.68 bits per heavy atom. The molecule has 3 aromatic rings. The number of aryl methyl sites for hydroxylation is 1. The number of methoxy groups -OCH3 is 1. The Balaban J connectivity index is 1.37. The lowest BCUT2D eigenvalue weighted by atomic mass is 9.94. The first kappa shape index (κ1) is 26.6. The predicted octanol–water partition coefficient (Wildman–Crippen LogP) is 4.13. The molecule has 1 amide bonds. The molecule has 2 aliphatic rings. The van der Waals surface area contributed by atoms with Crippen LogP contribution in [0.15, 0.2) is 41.8 Å². The van der Waals surface area contributed by atoms with Gasteiger partial charge in [0.05, 0.1) is 35.6 Å². The van der Waals surface area contributed by atoms with Crippen LogP contribution in [-0.4, -0.2) is 71.8 Å². The Hall–Kier alpha value is -3.01. The number of rotatable bonds is 8. The number of nitrogens with zero attached hydrogens (tertiary/aromatic N) is 4. The zero-order valence-corrected chi connectivity index (χ0v) is 23.0. The topological polar surface area (TPSA) is 90.8 Å². The van der Waals surface area contributed by atoms with E-state index < -0.39 is 0 Å². The van der Waals surface area contributed by atoms with Gasteiger partial charge in [0, 0.05) is 43.2 Å². The second kappa shape index (κ2) is 12.2. The molecule has 0 saturated carbocycles. The van der Waals surface area contributed by atoms with Crippen LogP contribution >= 0.6 is 11.3 Å². The minimum absolute atomic E-state index is 0.145. The number of para-hydroxylation sites is 1. The number of nitrogens with one attached hydrogen (secondary N) is 1. The van der Waals surface area contributed by atoms with Crippen molar-refractivity contribution in [2.75, 3.05) is 44.8 Å². The first-order valence-electron chi connectivity index (χ1n) is 13.5. The number of pyridine rings is 1. The van der Waals surface area contributed by atoms with Crippen molar-refractivity contribution in [3.05, 3.63) is 58.0 Å². The van der Waals surface area contributed by atoms with Crippen molar-refractivity contribution in [3.63, 3.8) is 0 Å². The molecule has 2 N–H and O–H groups in total. The number of amides is 1. The highest BCUT2D eigenvalue weighted by atomic mass is 32.1. The smallest absolute Gasteiger partial charge is 0.255 e. The first-order valence-corrected chi connectivity index (χ1v) is 14.4. The molecular weight excluding hydrogens is 498 g/mol. The molecule has 1 unspecified atom stereocenters. The summed E-state index contributed by atoms with van der Waals surface area (Å²) in [4.78, 5) is 27.7. The molecule has 4 heterocycles. The molecule has 202 valence electrons. The number of aliphatic hydroxyl groups is 1. The van der Waals surface area contributed by atoms with Crippen LogP contribution in [0.25, 0.3) is 11.3 Å². The Morgan fingerprint density at radius 1 is 1.13 bits per heavy atom. The van der Waals surface area contributed by atoms with Crippen LogP contribution in [0.1, 0.15) is 46.7 Å². The van der Waals surface area contributed by atoms with Crippen molar-refractivity contribution in [2.45, 2.75) is 45.2 Å². The molecule has 8 nitrogen and oxygen atoms in total. The SMILES string of the molecule is COc1ccccc1-c1ccc(C(=O)NCc2csc(C)n2)c(N2CCC(N3CCCC(CO)C3)CC2)n1. The molecule has 0 aliphatic carbocycles. The van der Waals surface area contributed by atoms with Gasteiger partial charge in [0.15, 0.2) is 0 Å². The van der Waals surface area contributed by atoms with E-state index in [-0.39, 0.29) is 12.5 Å². The van der Waals surface area contributed by atoms with Crippen molar-refractivity contribution in [1.29, 1.82) is 0 Å². The van der Waals surface area contributed by atoms with E-state index in [9.17, 15) is 9.90 Å². The molecule has 1 aromatic carbocycles. The molecule has 2 saturated heterocycles. The predicted molar refractivity (Wildman–Crippen MR) is 151 cm³/mol. The van der Waals surface area contributed by atoms with Crippen molar-refractivity contribution in [2.24, 2.45) is 5.92 Å². The molecule has 1 atom stereocenters. The van der Waals surface area contributed by atoms with E-state index in [2.05, 4.69) is 20.1 Å². The van der Waals surface area contributed by atoms with E-state index in [1.54, 1.807) is 18.4 Å². The fraction of sp³-hybridized carbons (Fsp3) is 0.483. The minimum Gasteiger partial charge on any atom is -0.496 e. The lowest BCUT2D eigenvalue weighted by Gasteiger charge is -2.42. The Morgan fingerprint density at radius 2 is 1.95 bits per heavy atom. The lowest BCUT2D eigenvalue weighted by Crippen LogP contribution is -2.49. The molecule has 0 bridgehead atoms. The molecule has 2 fully saturated rings. The monoisotopic (exact) mass is 535 g/mol. The lowest BCUT2D eigenvalue weighted by molar-refractivity contribution is 0.0777. The van der Waals surface area contributed by atoms with Crippen LogP contribution in [0.4, 0.5) is 5.82 Å². The van der Waals surface area contributed by atoms with Crippen molar-refractivity contribution in [3.8, 4) is 17.0 Å². The normalized spacial score (nSPS) is 18.9. The van der Waals surface area contributed by atoms with Gasteiger partial charge in [0.25, 0.3) is 5.91 Å². The van der Waals surface area contributed by atoms with Gasteiger partial charge in [-0.2, -0.15) is 0 Å². The van der Waals surface area contributed by atoms with Crippen molar-refractivity contribution < 1.29 is 14.6 Å². The third kappa shape index (κ3) is 6.00. The zero-order valence-electron chi connectivity index (χ0n) is 22.2. The van der Waals surface area contributed by atoms with Crippen LogP contribution in [0.5, 0.6) is 5.75 Å². The maximum Gasteiger partial charge on any atom is 0.255 e. The van der Waals surface area contributed by atoms with Gasteiger partial charge in [-0.3, -0.25) is 9.69 Å². The summed E-state index contributed by atoms with van der Waals surface area (Å²) >= 11 is 1.58. The number of hydrogen-bond donors (Lipinski definition) is 2. The van der Waals surface area contributed by atoms with Crippen LogP contribution in [0, 0.1) is 12.8 Å². The number of thiazole rings is 1. The summed E-state index contributed by atoms with van der Waals surface area (Å²) in [7, 11) is 1.66. The van der Waals surface area contributed by atoms with Gasteiger partial charge in [0.1, 0.15) is 11.6 Å². The summed E-state index contributed by atoms with van der Waals surface area (Å²) in [6.45, 7) is 6.37. The summed E-state index contributed by atoms with van der Waals surface area (Å²) in [6, 6.07) is 12.1. The highest BCUT2D eigenvalue weighted by molar-refractivity contribution is 7.09. The van der Waals surface area contributed by atoms with Gasteiger partial charge in [0.2, 0.25) is 0 Å². The summed E-state index contributed by atoms with van der Waals surface area (Å²) in [5.41, 5.74) is 3.13. The van der Waals surface area contributed by atoms with E-state index in [0.29, 0.717) is 29.9 Å². The third-order valence-corrected chi connectivity index (χ3v) is 8.51. The maximum atomic E-state index is 13.4. The summed E-state index contributed by atoms with van der Waals surface area (Å²) in [5, 5.41) is 15.7. The van der Waals surface area contributed by atoms with E-state index >= 15 is 0 Å². The Bertz CT molecular complexity index is 1240. The quantitative estimate of drug-likeness (QED) is 0.448. The molecule has 5 rings (SSSR count). The Labute approximate surface area is 228 Å². The minimum atomic E-state index is -0.145. The number of hydrogen-bond acceptors (Lipinski definition) is 8. The van der Waals surface area contributed by atoms with Crippen molar-refractivity contribution in [1.82, 2.24) is 20.2 Å². The number of piperidine rings is 2. The fourth-order valence-corrected chi connectivity index (χ4v) is 6.26. The van der Waals surface area contributed by atoms with Gasteiger partial charge in [-0.15, -0.1) is 11.3 Å². The fourth-order valence-electron chi connectivity index (χ4n) is 5.65. The second-order valence-electron chi connectivity index (χ2n) is 10.2. The highest BCUT2D eigenvalue weighted by Crippen LogP contribution is 2.33. The number of ether oxygens (including phenoxy) is 1. The average molecular weight is 536 g/mol. The van der Waals surface area contributed by atoms with E-state index in [1.807, 2.05) is 48.7 Å². The summed E-state index contributed by atoms with van der Waals surface area (Å²) < 4.78 is 5.59. The van der Waals surface area contributed by atoms with E-state index in [0.717, 1.165) is 79.6 Å². The summed E-state index contributed by atoms with van der Waals surface area (Å²) in [6.07, 6.45) is 4.29. The molecule has 2 aromatic heterocycles. The number of aromatic nitrogens is 2. The molecular formula is C29H37N5O3S. The van der Waals surface area contributed by atoms with Gasteiger partial charge >= 0.3 is 0 Å². The molecule has 9 heteroatoms. The maximum absolute atomic E-state index is 13.4. The third-order valence-electron chi connectivity index (χ3n) is 7.69. The number of aliphatic hydroxyl groups excluding tert-OH is 1. The average Bonchev–Trinajstić information content (AvgIpc) is 3.40. The summed E-state index contributed by atoms with van der Waals surface area (Å²) in [5.74, 6) is 1.71. The van der Waals surface area contributed by atoms with Crippen LogP contribution < -0.4 is 15.0 Å². The molecule has 0 spiro atoms. The Kier molecular flexibility index (Phi) is 8.56. The number of likely N-dealkylation sites (tertiary alicyclic amines) is 1. The van der Waals surface area contributed by atoms with Crippen LogP contribution in [0.3, 0.4) is 0 Å². The highest BCUT2D eigenvalue weighted by Gasteiger charge is 2.30. The first-order chi connectivity index (χ1) is 18.6. The number of carbonyl (C=O) groups excluding carboxylic acids is 1. The molecule has 0 radical (unpaired) electrons. The largest absolute Gasteiger partial charge is 0.496 e. The van der Waals surface area contributed by atoms with Crippen LogP contribution in [0.2, 0.25) is 0 Å². The molecule has 38 heavy (non-hydrogen) atoms. The van der Waals surface area contributed by atoms with Crippen LogP contribution in [-0.2, 0) is 6.54 Å². The zero-order chi connectivity index (χ0) is 26.5. The number of carbonyl (C=O) groups is 1. The molecule has 2 aliphatic heterocycles. The van der Waals surface area contributed by atoms with Crippen molar-refractivity contribution >= 4 is 23.1 Å². The van der Waals surface area contributed by atoms with Gasteiger partial charge in [-0.25, -0.2) is 9.97 Å². The standard InChI is InChI=1S/C29H37N5O3S/c1-20-31-22(19-38-20)16-30-29(36)25-9-10-26(24-7-3-4-8-27(24)37-2)32-28(25)33-14-11-23(12-15-33)34-13-5-6-21(17-34)18-35/h3-4,7-10,19,21,23,35H,5-6,11-18H2,1-2H3,(H,30,36). The van der Waals surface area contributed by atoms with Gasteiger partial charge in [-0.05, 0) is 69.3 Å². The number of anilines is 1. The number of benzene rings is 1. The second-order valence-corrected chi connectivity index (χ2v) is 11.3. The van der Waals surface area contributed by atoms with E-state index in [4.69, 9.17) is 9.72 Å². The van der Waals surface area contributed by atoms with E-state index in [1.165, 1.54) is 0 Å². The van der Waals surface area contributed by atoms with Gasteiger partial charge in [-0.1, -0.05) is 12.1 Å². The van der Waals surface area contributed by atoms with Gasteiger partial charge < -0.3 is 20.1 Å².